The van der Waals surface area contributed by atoms with Crippen LogP contribution in [0, 0.1) is 24.0 Å². The van der Waals surface area contributed by atoms with Crippen molar-refractivity contribution < 1.29 is 13.9 Å². The Morgan fingerprint density at radius 1 is 1.29 bits per heavy atom. The Kier molecular flexibility index (Phi) is 3.61. The zero-order chi connectivity index (χ0) is 10.6. The highest BCUT2D eigenvalue weighted by Gasteiger charge is 2.09. The van der Waals surface area contributed by atoms with Gasteiger partial charge in [0.05, 0.1) is 6.10 Å². The molecule has 0 heterocycles. The van der Waals surface area contributed by atoms with E-state index < -0.39 is 17.7 Å². The Hall–Kier alpha value is -1.40. The minimum atomic E-state index is -0.906. The fraction of sp³-hybridized carbons (Fsp3) is 0.273. The van der Waals surface area contributed by atoms with Crippen molar-refractivity contribution in [2.45, 2.75) is 18.9 Å². The zero-order valence-corrected chi connectivity index (χ0v) is 7.50. The van der Waals surface area contributed by atoms with Crippen LogP contribution in [0.5, 0.6) is 0 Å². The van der Waals surface area contributed by atoms with Gasteiger partial charge in [0.1, 0.15) is 11.6 Å². The number of hydrogen-bond acceptors (Lipinski definition) is 1. The van der Waals surface area contributed by atoms with Gasteiger partial charge < -0.3 is 5.11 Å². The number of aliphatic hydroxyl groups is 1. The predicted octanol–water partition coefficient (Wildman–Crippen LogP) is 2.41. The molecule has 1 aromatic carbocycles. The quantitative estimate of drug-likeness (QED) is 0.736. The molecule has 0 bridgehead atoms. The van der Waals surface area contributed by atoms with E-state index in [1.54, 1.807) is 0 Å². The summed E-state index contributed by atoms with van der Waals surface area (Å²) in [7, 11) is 0. The van der Waals surface area contributed by atoms with Crippen LogP contribution in [0.1, 0.15) is 24.5 Å². The minimum absolute atomic E-state index is 0.220. The summed E-state index contributed by atoms with van der Waals surface area (Å²) >= 11 is 0. The van der Waals surface area contributed by atoms with Crippen LogP contribution in [0.2, 0.25) is 0 Å². The van der Waals surface area contributed by atoms with Gasteiger partial charge in [0.15, 0.2) is 0 Å². The van der Waals surface area contributed by atoms with Crippen molar-refractivity contribution in [3.05, 3.63) is 35.4 Å². The molecule has 1 unspecified atom stereocenters. The van der Waals surface area contributed by atoms with Gasteiger partial charge in [0.25, 0.3) is 0 Å². The third-order valence-corrected chi connectivity index (χ3v) is 1.83. The SMILES string of the molecule is C#CCCC(O)c1cc(F)cc(F)c1. The van der Waals surface area contributed by atoms with Gasteiger partial charge in [-0.15, -0.1) is 12.3 Å². The van der Waals surface area contributed by atoms with Crippen molar-refractivity contribution in [3.8, 4) is 12.3 Å². The number of rotatable bonds is 3. The molecule has 3 heteroatoms. The van der Waals surface area contributed by atoms with Crippen molar-refractivity contribution in [2.75, 3.05) is 0 Å². The molecule has 0 aromatic heterocycles. The summed E-state index contributed by atoms with van der Waals surface area (Å²) in [5.74, 6) is 0.961. The number of terminal acetylenes is 1. The number of halogens is 2. The molecular formula is C11H10F2O. The molecule has 0 saturated carbocycles. The van der Waals surface area contributed by atoms with Gasteiger partial charge in [-0.05, 0) is 24.1 Å². The maximum absolute atomic E-state index is 12.7. The lowest BCUT2D eigenvalue weighted by molar-refractivity contribution is 0.168. The molecule has 1 nitrogen and oxygen atoms in total. The number of hydrogen-bond donors (Lipinski definition) is 1. The molecule has 0 aliphatic carbocycles. The van der Waals surface area contributed by atoms with E-state index in [2.05, 4.69) is 5.92 Å². The predicted molar refractivity (Wildman–Crippen MR) is 49.4 cm³/mol. The van der Waals surface area contributed by atoms with Crippen molar-refractivity contribution in [2.24, 2.45) is 0 Å². The van der Waals surface area contributed by atoms with Crippen LogP contribution in [0.15, 0.2) is 18.2 Å². The molecule has 1 atom stereocenters. The van der Waals surface area contributed by atoms with Crippen LogP contribution in [-0.2, 0) is 0 Å². The fourth-order valence-electron chi connectivity index (χ4n) is 1.15. The maximum Gasteiger partial charge on any atom is 0.126 e. The summed E-state index contributed by atoms with van der Waals surface area (Å²) in [5, 5.41) is 9.47. The second-order valence-corrected chi connectivity index (χ2v) is 2.96. The molecule has 1 aromatic rings. The summed E-state index contributed by atoms with van der Waals surface area (Å²) < 4.78 is 25.4. The standard InChI is InChI=1S/C11H10F2O/c1-2-3-4-11(14)8-5-9(12)7-10(13)6-8/h1,5-7,11,14H,3-4H2. The topological polar surface area (TPSA) is 20.2 Å². The van der Waals surface area contributed by atoms with Crippen LogP contribution < -0.4 is 0 Å². The smallest absolute Gasteiger partial charge is 0.126 e. The van der Waals surface area contributed by atoms with E-state index in [0.29, 0.717) is 12.8 Å². The highest BCUT2D eigenvalue weighted by atomic mass is 19.1. The summed E-state index contributed by atoms with van der Waals surface area (Å²) in [6.45, 7) is 0. The van der Waals surface area contributed by atoms with E-state index in [1.165, 1.54) is 0 Å². The Bertz CT molecular complexity index is 335. The maximum atomic E-state index is 12.7. The lowest BCUT2D eigenvalue weighted by atomic mass is 10.0. The summed E-state index contributed by atoms with van der Waals surface area (Å²) in [6.07, 6.45) is 4.78. The normalized spacial score (nSPS) is 12.1. The molecule has 0 radical (unpaired) electrons. The molecule has 14 heavy (non-hydrogen) atoms. The first-order chi connectivity index (χ1) is 6.63. The van der Waals surface area contributed by atoms with Gasteiger partial charge in [0.2, 0.25) is 0 Å². The van der Waals surface area contributed by atoms with Gasteiger partial charge in [-0.1, -0.05) is 0 Å². The van der Waals surface area contributed by atoms with Gasteiger partial charge in [-0.25, -0.2) is 8.78 Å². The first-order valence-electron chi connectivity index (χ1n) is 4.21. The van der Waals surface area contributed by atoms with Crippen molar-refractivity contribution in [1.29, 1.82) is 0 Å². The molecule has 0 aliphatic rings. The van der Waals surface area contributed by atoms with E-state index in [4.69, 9.17) is 6.42 Å². The average Bonchev–Trinajstić information content (AvgIpc) is 2.12. The fourth-order valence-corrected chi connectivity index (χ4v) is 1.15. The van der Waals surface area contributed by atoms with E-state index in [0.717, 1.165) is 18.2 Å². The average molecular weight is 196 g/mol. The second kappa shape index (κ2) is 4.73. The second-order valence-electron chi connectivity index (χ2n) is 2.96. The van der Waals surface area contributed by atoms with Gasteiger partial charge in [0, 0.05) is 12.5 Å². The highest BCUT2D eigenvalue weighted by molar-refractivity contribution is 5.20. The zero-order valence-electron chi connectivity index (χ0n) is 7.50. The number of benzene rings is 1. The first kappa shape index (κ1) is 10.7. The van der Waals surface area contributed by atoms with Crippen LogP contribution in [-0.4, -0.2) is 5.11 Å². The highest BCUT2D eigenvalue weighted by Crippen LogP contribution is 2.19. The Morgan fingerprint density at radius 3 is 2.36 bits per heavy atom. The van der Waals surface area contributed by atoms with E-state index in [-0.39, 0.29) is 5.56 Å². The van der Waals surface area contributed by atoms with Gasteiger partial charge in [-0.3, -0.25) is 0 Å². The Morgan fingerprint density at radius 2 is 1.86 bits per heavy atom. The Balaban J connectivity index is 2.79. The summed E-state index contributed by atoms with van der Waals surface area (Å²) in [6, 6.07) is 2.96. The van der Waals surface area contributed by atoms with Crippen molar-refractivity contribution in [1.82, 2.24) is 0 Å². The van der Waals surface area contributed by atoms with Crippen LogP contribution in [0.25, 0.3) is 0 Å². The molecule has 1 N–H and O–H groups in total. The molecule has 0 saturated heterocycles. The van der Waals surface area contributed by atoms with Gasteiger partial charge >= 0.3 is 0 Å². The van der Waals surface area contributed by atoms with Crippen LogP contribution in [0.3, 0.4) is 0 Å². The van der Waals surface area contributed by atoms with E-state index in [1.807, 2.05) is 0 Å². The van der Waals surface area contributed by atoms with Gasteiger partial charge in [-0.2, -0.15) is 0 Å². The molecular weight excluding hydrogens is 186 g/mol. The van der Waals surface area contributed by atoms with Crippen LogP contribution in [0.4, 0.5) is 8.78 Å². The third-order valence-electron chi connectivity index (χ3n) is 1.83. The third kappa shape index (κ3) is 2.82. The molecule has 0 amide bonds. The molecule has 0 spiro atoms. The minimum Gasteiger partial charge on any atom is -0.388 e. The van der Waals surface area contributed by atoms with Crippen molar-refractivity contribution >= 4 is 0 Å². The monoisotopic (exact) mass is 196 g/mol. The molecule has 0 fully saturated rings. The molecule has 1 rings (SSSR count). The van der Waals surface area contributed by atoms with E-state index in [9.17, 15) is 13.9 Å². The number of aliphatic hydroxyl groups excluding tert-OH is 1. The largest absolute Gasteiger partial charge is 0.388 e. The molecule has 74 valence electrons. The molecule has 0 aliphatic heterocycles. The van der Waals surface area contributed by atoms with Crippen molar-refractivity contribution in [3.63, 3.8) is 0 Å². The van der Waals surface area contributed by atoms with E-state index >= 15 is 0 Å². The lowest BCUT2D eigenvalue weighted by Crippen LogP contribution is -1.98. The summed E-state index contributed by atoms with van der Waals surface area (Å²) in [5.41, 5.74) is 0.220. The Labute approximate surface area is 81.4 Å². The van der Waals surface area contributed by atoms with Crippen LogP contribution >= 0.6 is 0 Å². The lowest BCUT2D eigenvalue weighted by Gasteiger charge is -2.09. The first-order valence-corrected chi connectivity index (χ1v) is 4.21. The summed E-state index contributed by atoms with van der Waals surface area (Å²) in [4.78, 5) is 0.